The van der Waals surface area contributed by atoms with Crippen LogP contribution in [0.3, 0.4) is 0 Å². The predicted octanol–water partition coefficient (Wildman–Crippen LogP) is 0.656. The van der Waals surface area contributed by atoms with Gasteiger partial charge in [0, 0.05) is 26.2 Å². The lowest BCUT2D eigenvalue weighted by Crippen LogP contribution is -2.30. The molecule has 4 nitrogen and oxygen atoms in total. The largest absolute Gasteiger partial charge is 0.323 e. The van der Waals surface area contributed by atoms with Crippen LogP contribution in [0.15, 0.2) is 0 Å². The fourth-order valence-electron chi connectivity index (χ4n) is 1.30. The molecule has 0 bridgehead atoms. The summed E-state index contributed by atoms with van der Waals surface area (Å²) in [6, 6.07) is 2.35. The van der Waals surface area contributed by atoms with E-state index in [1.165, 1.54) is 0 Å². The fourth-order valence-corrected chi connectivity index (χ4v) is 1.30. The van der Waals surface area contributed by atoms with Crippen LogP contribution in [0, 0.1) is 11.3 Å². The lowest BCUT2D eigenvalue weighted by Gasteiger charge is -2.13. The van der Waals surface area contributed by atoms with Gasteiger partial charge >= 0.3 is 6.03 Å². The molecule has 1 atom stereocenters. The Morgan fingerprint density at radius 1 is 1.75 bits per heavy atom. The Balaban J connectivity index is 2.48. The van der Waals surface area contributed by atoms with Crippen LogP contribution in [0.1, 0.15) is 13.3 Å². The molecule has 1 aliphatic rings. The lowest BCUT2D eigenvalue weighted by atomic mass is 10.3. The zero-order valence-corrected chi connectivity index (χ0v) is 7.45. The van der Waals surface area contributed by atoms with Gasteiger partial charge in [0.25, 0.3) is 0 Å². The maximum Gasteiger partial charge on any atom is 0.320 e. The summed E-state index contributed by atoms with van der Waals surface area (Å²) < 4.78 is 0. The number of hydrogen-bond acceptors (Lipinski definition) is 2. The smallest absolute Gasteiger partial charge is 0.320 e. The number of nitriles is 1. The lowest BCUT2D eigenvalue weighted by molar-refractivity contribution is 0.197. The predicted molar refractivity (Wildman–Crippen MR) is 44.4 cm³/mol. The number of carbonyl (C=O) groups excluding carboxylic acids is 1. The normalized spacial score (nSPS) is 23.1. The molecule has 0 aliphatic carbocycles. The summed E-state index contributed by atoms with van der Waals surface area (Å²) in [4.78, 5) is 14.8. The summed E-state index contributed by atoms with van der Waals surface area (Å²) in [6.45, 7) is 3.31. The highest BCUT2D eigenvalue weighted by Crippen LogP contribution is 2.12. The Hall–Kier alpha value is -1.24. The highest BCUT2D eigenvalue weighted by atomic mass is 16.2. The second-order valence-electron chi connectivity index (χ2n) is 3.10. The Bertz CT molecular complexity index is 221. The Morgan fingerprint density at radius 2 is 2.42 bits per heavy atom. The van der Waals surface area contributed by atoms with Crippen LogP contribution in [0.2, 0.25) is 0 Å². The van der Waals surface area contributed by atoms with Crippen molar-refractivity contribution in [3.05, 3.63) is 0 Å². The minimum Gasteiger partial charge on any atom is -0.323 e. The molecule has 0 spiro atoms. The van der Waals surface area contributed by atoms with Crippen molar-refractivity contribution in [2.45, 2.75) is 19.4 Å². The number of amides is 2. The van der Waals surface area contributed by atoms with Crippen LogP contribution in [-0.4, -0.2) is 42.0 Å². The van der Waals surface area contributed by atoms with E-state index in [0.29, 0.717) is 13.0 Å². The molecule has 0 aromatic carbocycles. The molecule has 1 saturated heterocycles. The molecule has 4 heteroatoms. The van der Waals surface area contributed by atoms with E-state index in [1.807, 2.05) is 13.0 Å². The van der Waals surface area contributed by atoms with Gasteiger partial charge in [0.2, 0.25) is 0 Å². The molecule has 1 heterocycles. The monoisotopic (exact) mass is 167 g/mol. The van der Waals surface area contributed by atoms with Gasteiger partial charge in [0.05, 0.1) is 12.5 Å². The first-order valence-electron chi connectivity index (χ1n) is 4.05. The van der Waals surface area contributed by atoms with Crippen LogP contribution in [-0.2, 0) is 0 Å². The minimum atomic E-state index is 0.0396. The zero-order chi connectivity index (χ0) is 9.14. The van der Waals surface area contributed by atoms with Crippen LogP contribution < -0.4 is 0 Å². The summed E-state index contributed by atoms with van der Waals surface area (Å²) in [7, 11) is 1.79. The van der Waals surface area contributed by atoms with E-state index in [-0.39, 0.29) is 12.1 Å². The van der Waals surface area contributed by atoms with Crippen LogP contribution in [0.4, 0.5) is 4.79 Å². The standard InChI is InChI=1S/C8H13N3O/c1-7-6-11(5-3-4-9)8(12)10(7)2/h7H,3,5-6H2,1-2H3. The summed E-state index contributed by atoms with van der Waals surface area (Å²) in [6.07, 6.45) is 0.423. The highest BCUT2D eigenvalue weighted by Gasteiger charge is 2.30. The first kappa shape index (κ1) is 8.85. The quantitative estimate of drug-likeness (QED) is 0.606. The molecule has 12 heavy (non-hydrogen) atoms. The minimum absolute atomic E-state index is 0.0396. The third-order valence-corrected chi connectivity index (χ3v) is 2.21. The number of hydrogen-bond donors (Lipinski definition) is 0. The van der Waals surface area contributed by atoms with E-state index in [1.54, 1.807) is 16.8 Å². The molecular weight excluding hydrogens is 154 g/mol. The molecular formula is C8H13N3O. The van der Waals surface area contributed by atoms with Crippen molar-refractivity contribution >= 4 is 6.03 Å². The average Bonchev–Trinajstić information content (AvgIpc) is 2.30. The van der Waals surface area contributed by atoms with Crippen molar-refractivity contribution in [1.29, 1.82) is 5.26 Å². The van der Waals surface area contributed by atoms with Gasteiger partial charge in [0.15, 0.2) is 0 Å². The third-order valence-electron chi connectivity index (χ3n) is 2.21. The van der Waals surface area contributed by atoms with E-state index in [0.717, 1.165) is 6.54 Å². The maximum atomic E-state index is 11.4. The Morgan fingerprint density at radius 3 is 2.83 bits per heavy atom. The van der Waals surface area contributed by atoms with Crippen LogP contribution in [0.25, 0.3) is 0 Å². The van der Waals surface area contributed by atoms with Crippen LogP contribution in [0.5, 0.6) is 0 Å². The third kappa shape index (κ3) is 1.50. The summed E-state index contributed by atoms with van der Waals surface area (Å²) >= 11 is 0. The van der Waals surface area contributed by atoms with Gasteiger partial charge in [-0.25, -0.2) is 4.79 Å². The molecule has 0 N–H and O–H groups in total. The van der Waals surface area contributed by atoms with Crippen molar-refractivity contribution in [2.75, 3.05) is 20.1 Å². The molecule has 1 fully saturated rings. The second-order valence-corrected chi connectivity index (χ2v) is 3.10. The molecule has 1 rings (SSSR count). The van der Waals surface area contributed by atoms with Crippen molar-refractivity contribution < 1.29 is 4.79 Å². The van der Waals surface area contributed by atoms with E-state index in [4.69, 9.17) is 5.26 Å². The summed E-state index contributed by atoms with van der Waals surface area (Å²) in [5, 5.41) is 8.34. The number of likely N-dealkylation sites (N-methyl/N-ethyl adjacent to an activating group) is 1. The number of urea groups is 1. The van der Waals surface area contributed by atoms with Gasteiger partial charge in [-0.05, 0) is 6.92 Å². The number of carbonyl (C=O) groups is 1. The molecule has 66 valence electrons. The van der Waals surface area contributed by atoms with E-state index < -0.39 is 0 Å². The molecule has 1 aliphatic heterocycles. The SMILES string of the molecule is CC1CN(CCC#N)C(=O)N1C. The van der Waals surface area contributed by atoms with E-state index in [9.17, 15) is 4.79 Å². The molecule has 0 aromatic rings. The Labute approximate surface area is 72.4 Å². The average molecular weight is 167 g/mol. The van der Waals surface area contributed by atoms with Gasteiger partial charge in [-0.15, -0.1) is 0 Å². The molecule has 1 unspecified atom stereocenters. The first-order chi connectivity index (χ1) is 5.66. The van der Waals surface area contributed by atoms with Crippen LogP contribution >= 0.6 is 0 Å². The van der Waals surface area contributed by atoms with E-state index in [2.05, 4.69) is 0 Å². The van der Waals surface area contributed by atoms with Gasteiger partial charge in [-0.3, -0.25) is 0 Å². The summed E-state index contributed by atoms with van der Waals surface area (Å²) in [5.74, 6) is 0. The van der Waals surface area contributed by atoms with Gasteiger partial charge < -0.3 is 9.80 Å². The van der Waals surface area contributed by atoms with Gasteiger partial charge in [-0.1, -0.05) is 0 Å². The van der Waals surface area contributed by atoms with E-state index >= 15 is 0 Å². The Kier molecular flexibility index (Phi) is 2.54. The molecule has 0 radical (unpaired) electrons. The second kappa shape index (κ2) is 3.44. The number of rotatable bonds is 2. The van der Waals surface area contributed by atoms with Gasteiger partial charge in [-0.2, -0.15) is 5.26 Å². The van der Waals surface area contributed by atoms with Crippen molar-refractivity contribution in [3.8, 4) is 6.07 Å². The fraction of sp³-hybridized carbons (Fsp3) is 0.750. The molecule has 0 saturated carbocycles. The molecule has 2 amide bonds. The van der Waals surface area contributed by atoms with Crippen molar-refractivity contribution in [3.63, 3.8) is 0 Å². The first-order valence-corrected chi connectivity index (χ1v) is 4.05. The van der Waals surface area contributed by atoms with Crippen molar-refractivity contribution in [1.82, 2.24) is 9.80 Å². The number of nitrogens with zero attached hydrogens (tertiary/aromatic N) is 3. The van der Waals surface area contributed by atoms with Crippen molar-refractivity contribution in [2.24, 2.45) is 0 Å². The highest BCUT2D eigenvalue weighted by molar-refractivity contribution is 5.76. The maximum absolute atomic E-state index is 11.4. The summed E-state index contributed by atoms with van der Waals surface area (Å²) in [5.41, 5.74) is 0. The van der Waals surface area contributed by atoms with Gasteiger partial charge in [0.1, 0.15) is 0 Å². The zero-order valence-electron chi connectivity index (χ0n) is 7.45. The molecule has 0 aromatic heterocycles. The topological polar surface area (TPSA) is 47.3 Å².